The van der Waals surface area contributed by atoms with E-state index >= 15 is 0 Å². The molecule has 2 aromatic carbocycles. The molecule has 0 saturated carbocycles. The van der Waals surface area contributed by atoms with Gasteiger partial charge in [0.15, 0.2) is 5.82 Å². The highest BCUT2D eigenvalue weighted by molar-refractivity contribution is 7.89. The van der Waals surface area contributed by atoms with Crippen LogP contribution in [0.5, 0.6) is 5.75 Å². The largest absolute Gasteiger partial charge is 0.495 e. The Labute approximate surface area is 186 Å². The van der Waals surface area contributed by atoms with Gasteiger partial charge in [0, 0.05) is 24.2 Å². The number of sulfonamides is 1. The normalized spacial score (nSPS) is 11.4. The van der Waals surface area contributed by atoms with Crippen LogP contribution in [-0.2, 0) is 10.0 Å². The molecule has 0 saturated heterocycles. The third-order valence-corrected chi connectivity index (χ3v) is 6.81. The Morgan fingerprint density at radius 2 is 1.78 bits per heavy atom. The summed E-state index contributed by atoms with van der Waals surface area (Å²) in [5, 5.41) is 2.63. The van der Waals surface area contributed by atoms with Gasteiger partial charge in [-0.05, 0) is 30.3 Å². The number of nitrogens with one attached hydrogen (secondary N) is 1. The second kappa shape index (κ2) is 9.84. The van der Waals surface area contributed by atoms with Gasteiger partial charge < -0.3 is 10.1 Å². The molecule has 1 amide bonds. The molecule has 0 atom stereocenters. The number of methoxy groups -OCH3 is 1. The molecule has 0 aliphatic carbocycles. The van der Waals surface area contributed by atoms with Crippen LogP contribution in [0.3, 0.4) is 0 Å². The van der Waals surface area contributed by atoms with Crippen molar-refractivity contribution in [2.75, 3.05) is 25.5 Å². The fourth-order valence-corrected chi connectivity index (χ4v) is 4.73. The van der Waals surface area contributed by atoms with Crippen LogP contribution in [0.4, 0.5) is 10.1 Å². The van der Waals surface area contributed by atoms with Crippen molar-refractivity contribution in [1.82, 2.24) is 14.3 Å². The summed E-state index contributed by atoms with van der Waals surface area (Å²) in [6.45, 7) is 4.04. The number of hydrogen-bond acceptors (Lipinski definition) is 6. The van der Waals surface area contributed by atoms with Crippen molar-refractivity contribution in [2.24, 2.45) is 0 Å². The molecule has 3 rings (SSSR count). The smallest absolute Gasteiger partial charge is 0.255 e. The van der Waals surface area contributed by atoms with Crippen LogP contribution in [-0.4, -0.2) is 48.8 Å². The Morgan fingerprint density at radius 1 is 1.09 bits per heavy atom. The first-order valence-electron chi connectivity index (χ1n) is 9.87. The molecule has 1 heterocycles. The summed E-state index contributed by atoms with van der Waals surface area (Å²) >= 11 is 0. The van der Waals surface area contributed by atoms with E-state index in [1.165, 1.54) is 54.1 Å². The van der Waals surface area contributed by atoms with Crippen molar-refractivity contribution < 1.29 is 22.3 Å². The zero-order valence-electron chi connectivity index (χ0n) is 17.9. The van der Waals surface area contributed by atoms with Gasteiger partial charge in [-0.1, -0.05) is 26.0 Å². The molecule has 168 valence electrons. The van der Waals surface area contributed by atoms with E-state index < -0.39 is 21.7 Å². The molecule has 3 aromatic rings. The number of anilines is 1. The predicted octanol–water partition coefficient (Wildman–Crippen LogP) is 3.57. The van der Waals surface area contributed by atoms with Gasteiger partial charge in [-0.25, -0.2) is 22.8 Å². The Bertz CT molecular complexity index is 1210. The predicted molar refractivity (Wildman–Crippen MR) is 118 cm³/mol. The number of nitrogens with zero attached hydrogens (tertiary/aromatic N) is 3. The lowest BCUT2D eigenvalue weighted by atomic mass is 10.2. The standard InChI is InChI=1S/C22H23FN4O4S/c1-4-27(5-2)32(29,30)20-12-16(9-10-19(20)31-3)22(28)26-18-13-24-21(25-14-18)15-7-6-8-17(23)11-15/h6-14H,4-5H2,1-3H3,(H,26,28). The Balaban J connectivity index is 1.85. The topological polar surface area (TPSA) is 101 Å². The summed E-state index contributed by atoms with van der Waals surface area (Å²) in [5.74, 6) is -0.486. The lowest BCUT2D eigenvalue weighted by Crippen LogP contribution is -2.31. The van der Waals surface area contributed by atoms with Crippen molar-refractivity contribution in [3.05, 3.63) is 66.2 Å². The van der Waals surface area contributed by atoms with Crippen LogP contribution in [0, 0.1) is 5.82 Å². The number of hydrogen-bond donors (Lipinski definition) is 1. The van der Waals surface area contributed by atoms with E-state index in [0.29, 0.717) is 17.1 Å². The number of carbonyl (C=O) groups is 1. The Hall–Kier alpha value is -3.37. The number of rotatable bonds is 8. The van der Waals surface area contributed by atoms with Crippen LogP contribution in [0.15, 0.2) is 59.8 Å². The van der Waals surface area contributed by atoms with E-state index in [-0.39, 0.29) is 29.3 Å². The van der Waals surface area contributed by atoms with Crippen LogP contribution < -0.4 is 10.1 Å². The molecule has 0 aliphatic heterocycles. The molecule has 0 spiro atoms. The van der Waals surface area contributed by atoms with E-state index in [2.05, 4.69) is 15.3 Å². The molecule has 32 heavy (non-hydrogen) atoms. The minimum Gasteiger partial charge on any atom is -0.495 e. The Morgan fingerprint density at radius 3 is 2.38 bits per heavy atom. The molecule has 1 N–H and O–H groups in total. The van der Waals surface area contributed by atoms with E-state index in [0.717, 1.165) is 0 Å². The number of aromatic nitrogens is 2. The van der Waals surface area contributed by atoms with E-state index in [4.69, 9.17) is 4.74 Å². The number of carbonyl (C=O) groups excluding carboxylic acids is 1. The van der Waals surface area contributed by atoms with Crippen molar-refractivity contribution in [1.29, 1.82) is 0 Å². The van der Waals surface area contributed by atoms with Gasteiger partial charge >= 0.3 is 0 Å². The minimum absolute atomic E-state index is 0.0888. The lowest BCUT2D eigenvalue weighted by Gasteiger charge is -2.20. The second-order valence-electron chi connectivity index (χ2n) is 6.71. The maximum Gasteiger partial charge on any atom is 0.255 e. The first-order chi connectivity index (χ1) is 15.3. The highest BCUT2D eigenvalue weighted by Crippen LogP contribution is 2.28. The summed E-state index contributed by atoms with van der Waals surface area (Å²) in [7, 11) is -2.47. The van der Waals surface area contributed by atoms with Crippen LogP contribution >= 0.6 is 0 Å². The molecule has 0 radical (unpaired) electrons. The van der Waals surface area contributed by atoms with Crippen molar-refractivity contribution in [3.8, 4) is 17.1 Å². The van der Waals surface area contributed by atoms with Crippen LogP contribution in [0.25, 0.3) is 11.4 Å². The van der Waals surface area contributed by atoms with Gasteiger partial charge in [0.1, 0.15) is 16.5 Å². The number of ether oxygens (including phenoxy) is 1. The monoisotopic (exact) mass is 458 g/mol. The molecule has 1 aromatic heterocycles. The third kappa shape index (κ3) is 4.92. The first kappa shape index (κ1) is 23.3. The molecular formula is C22H23FN4O4S. The molecule has 10 heteroatoms. The van der Waals surface area contributed by atoms with Gasteiger partial charge in [0.25, 0.3) is 5.91 Å². The number of halogens is 1. The quantitative estimate of drug-likeness (QED) is 0.554. The summed E-state index contributed by atoms with van der Waals surface area (Å²) in [4.78, 5) is 20.9. The third-order valence-electron chi connectivity index (χ3n) is 4.74. The molecule has 8 nitrogen and oxygen atoms in total. The zero-order chi connectivity index (χ0) is 23.3. The van der Waals surface area contributed by atoms with Gasteiger partial charge in [-0.15, -0.1) is 0 Å². The summed E-state index contributed by atoms with van der Waals surface area (Å²) in [6.07, 6.45) is 2.78. The maximum atomic E-state index is 13.4. The van der Waals surface area contributed by atoms with Crippen molar-refractivity contribution in [3.63, 3.8) is 0 Å². The molecule has 0 fully saturated rings. The van der Waals surface area contributed by atoms with E-state index in [1.807, 2.05) is 0 Å². The zero-order valence-corrected chi connectivity index (χ0v) is 18.7. The van der Waals surface area contributed by atoms with Crippen LogP contribution in [0.1, 0.15) is 24.2 Å². The number of amides is 1. The first-order valence-corrected chi connectivity index (χ1v) is 11.3. The van der Waals surface area contributed by atoms with Crippen LogP contribution in [0.2, 0.25) is 0 Å². The van der Waals surface area contributed by atoms with E-state index in [1.54, 1.807) is 26.0 Å². The van der Waals surface area contributed by atoms with Crippen molar-refractivity contribution in [2.45, 2.75) is 18.7 Å². The molecule has 0 bridgehead atoms. The second-order valence-corrected chi connectivity index (χ2v) is 8.62. The summed E-state index contributed by atoms with van der Waals surface area (Å²) in [5.41, 5.74) is 0.939. The maximum absolute atomic E-state index is 13.4. The summed E-state index contributed by atoms with van der Waals surface area (Å²) in [6, 6.07) is 10.0. The Kier molecular flexibility index (Phi) is 7.16. The van der Waals surface area contributed by atoms with E-state index in [9.17, 15) is 17.6 Å². The van der Waals surface area contributed by atoms with Gasteiger partial charge in [-0.2, -0.15) is 4.31 Å². The lowest BCUT2D eigenvalue weighted by molar-refractivity contribution is 0.102. The van der Waals surface area contributed by atoms with Gasteiger partial charge in [0.05, 0.1) is 25.2 Å². The summed E-state index contributed by atoms with van der Waals surface area (Å²) < 4.78 is 45.8. The highest BCUT2D eigenvalue weighted by atomic mass is 32.2. The average Bonchev–Trinajstić information content (AvgIpc) is 2.79. The number of benzene rings is 2. The molecular weight excluding hydrogens is 435 g/mol. The SMILES string of the molecule is CCN(CC)S(=O)(=O)c1cc(C(=O)Nc2cnc(-c3cccc(F)c3)nc2)ccc1OC. The molecule has 0 unspecified atom stereocenters. The fraction of sp³-hybridized carbons (Fsp3) is 0.227. The molecule has 0 aliphatic rings. The highest BCUT2D eigenvalue weighted by Gasteiger charge is 2.26. The van der Waals surface area contributed by atoms with Gasteiger partial charge in [0.2, 0.25) is 10.0 Å². The van der Waals surface area contributed by atoms with Crippen molar-refractivity contribution >= 4 is 21.6 Å². The fourth-order valence-electron chi connectivity index (χ4n) is 3.09. The average molecular weight is 459 g/mol. The minimum atomic E-state index is -3.84. The van der Waals surface area contributed by atoms with Gasteiger partial charge in [-0.3, -0.25) is 4.79 Å².